The van der Waals surface area contributed by atoms with Crippen molar-refractivity contribution in [2.75, 3.05) is 31.6 Å². The predicted octanol–water partition coefficient (Wildman–Crippen LogP) is -2.00. The highest BCUT2D eigenvalue weighted by atomic mass is 32.2. The average molecular weight is 391 g/mol. The van der Waals surface area contributed by atoms with Crippen LogP contribution in [0.25, 0.3) is 0 Å². The lowest BCUT2D eigenvalue weighted by Crippen LogP contribution is -2.48. The fourth-order valence-electron chi connectivity index (χ4n) is 1.92. The molecule has 150 valence electrons. The number of nitrogens with two attached hydrogens (primary N) is 2. The van der Waals surface area contributed by atoms with Crippen LogP contribution in [0.2, 0.25) is 0 Å². The zero-order valence-corrected chi connectivity index (χ0v) is 15.8. The predicted molar refractivity (Wildman–Crippen MR) is 99.5 cm³/mol. The maximum Gasteiger partial charge on any atom is 0.326 e. The van der Waals surface area contributed by atoms with Gasteiger partial charge >= 0.3 is 5.97 Å². The molecule has 0 aliphatic heterocycles. The maximum absolute atomic E-state index is 11.7. The summed E-state index contributed by atoms with van der Waals surface area (Å²) in [5.41, 5.74) is 11.0. The summed E-state index contributed by atoms with van der Waals surface area (Å²) in [4.78, 5) is 46.1. The first-order valence-electron chi connectivity index (χ1n) is 8.33. The highest BCUT2D eigenvalue weighted by Crippen LogP contribution is 2.01. The van der Waals surface area contributed by atoms with Gasteiger partial charge in [-0.15, -0.1) is 0 Å². The van der Waals surface area contributed by atoms with Crippen molar-refractivity contribution in [3.8, 4) is 0 Å². The summed E-state index contributed by atoms with van der Waals surface area (Å²) in [6.45, 7) is -0.162. The molecular formula is C15H29N5O5S. The number of unbranched alkanes of at least 4 members (excludes halogenated alkanes) is 1. The molecule has 8 N–H and O–H groups in total. The first kappa shape index (κ1) is 24.1. The number of carbonyl (C=O) groups is 4. The van der Waals surface area contributed by atoms with Crippen LogP contribution in [-0.2, 0) is 19.2 Å². The number of thioether (sulfide) groups is 1. The van der Waals surface area contributed by atoms with Crippen LogP contribution in [0.3, 0.4) is 0 Å². The second-order valence-electron chi connectivity index (χ2n) is 5.63. The quantitative estimate of drug-likeness (QED) is 0.184. The van der Waals surface area contributed by atoms with Crippen molar-refractivity contribution >= 4 is 35.5 Å². The van der Waals surface area contributed by atoms with Crippen molar-refractivity contribution in [2.45, 2.75) is 37.8 Å². The third-order valence-electron chi connectivity index (χ3n) is 3.42. The van der Waals surface area contributed by atoms with Crippen molar-refractivity contribution in [1.82, 2.24) is 16.0 Å². The van der Waals surface area contributed by atoms with Crippen LogP contribution in [0.1, 0.15) is 25.7 Å². The SMILES string of the molecule is CSCCC(NC(=O)CNC(=O)CNC(=O)C(N)CCCCN)C(=O)O. The van der Waals surface area contributed by atoms with Gasteiger partial charge in [0.2, 0.25) is 17.7 Å². The molecule has 3 amide bonds. The van der Waals surface area contributed by atoms with Crippen molar-refractivity contribution < 1.29 is 24.3 Å². The maximum atomic E-state index is 11.7. The van der Waals surface area contributed by atoms with Crippen LogP contribution >= 0.6 is 11.8 Å². The Labute approximate surface area is 157 Å². The molecule has 0 heterocycles. The van der Waals surface area contributed by atoms with Crippen molar-refractivity contribution in [1.29, 1.82) is 0 Å². The molecule has 10 nitrogen and oxygen atoms in total. The zero-order valence-electron chi connectivity index (χ0n) is 15.0. The minimum atomic E-state index is -1.13. The number of aliphatic carboxylic acids is 1. The smallest absolute Gasteiger partial charge is 0.326 e. The van der Waals surface area contributed by atoms with E-state index >= 15 is 0 Å². The molecule has 11 heteroatoms. The number of carboxylic acids is 1. The van der Waals surface area contributed by atoms with E-state index in [2.05, 4.69) is 16.0 Å². The van der Waals surface area contributed by atoms with E-state index in [1.54, 1.807) is 0 Å². The van der Waals surface area contributed by atoms with Gasteiger partial charge in [0.15, 0.2) is 0 Å². The van der Waals surface area contributed by atoms with Crippen LogP contribution in [0.5, 0.6) is 0 Å². The Morgan fingerprint density at radius 2 is 1.69 bits per heavy atom. The first-order valence-corrected chi connectivity index (χ1v) is 9.72. The minimum Gasteiger partial charge on any atom is -0.480 e. The molecular weight excluding hydrogens is 362 g/mol. The van der Waals surface area contributed by atoms with E-state index in [0.717, 1.165) is 12.8 Å². The number of hydrogen-bond acceptors (Lipinski definition) is 7. The molecule has 26 heavy (non-hydrogen) atoms. The van der Waals surface area contributed by atoms with E-state index in [4.69, 9.17) is 16.6 Å². The van der Waals surface area contributed by atoms with Crippen LogP contribution in [0, 0.1) is 0 Å². The molecule has 0 radical (unpaired) electrons. The van der Waals surface area contributed by atoms with E-state index in [1.165, 1.54) is 11.8 Å². The van der Waals surface area contributed by atoms with Gasteiger partial charge in [-0.2, -0.15) is 11.8 Å². The lowest BCUT2D eigenvalue weighted by atomic mass is 10.1. The third kappa shape index (κ3) is 11.7. The Balaban J connectivity index is 4.07. The topological polar surface area (TPSA) is 177 Å². The molecule has 0 aromatic rings. The summed E-state index contributed by atoms with van der Waals surface area (Å²) in [6.07, 6.45) is 4.08. The number of carbonyl (C=O) groups excluding carboxylic acids is 3. The van der Waals surface area contributed by atoms with Crippen molar-refractivity contribution in [2.24, 2.45) is 11.5 Å². The number of nitrogens with one attached hydrogen (secondary N) is 3. The summed E-state index contributed by atoms with van der Waals surface area (Å²) in [5, 5.41) is 16.0. The van der Waals surface area contributed by atoms with Gasteiger partial charge in [-0.3, -0.25) is 14.4 Å². The van der Waals surface area contributed by atoms with Gasteiger partial charge in [-0.05, 0) is 37.8 Å². The van der Waals surface area contributed by atoms with Gasteiger partial charge in [0.1, 0.15) is 6.04 Å². The van der Waals surface area contributed by atoms with E-state index in [0.29, 0.717) is 18.7 Å². The molecule has 2 unspecified atom stereocenters. The third-order valence-corrected chi connectivity index (χ3v) is 4.06. The molecule has 2 atom stereocenters. The first-order chi connectivity index (χ1) is 12.3. The molecule has 0 saturated carbocycles. The average Bonchev–Trinajstić information content (AvgIpc) is 2.61. The molecule has 0 aliphatic rings. The van der Waals surface area contributed by atoms with Gasteiger partial charge in [0.25, 0.3) is 0 Å². The largest absolute Gasteiger partial charge is 0.480 e. The Bertz CT molecular complexity index is 477. The Hall–Kier alpha value is -1.85. The summed E-state index contributed by atoms with van der Waals surface area (Å²) in [7, 11) is 0. The molecule has 0 aromatic carbocycles. The monoisotopic (exact) mass is 391 g/mol. The van der Waals surface area contributed by atoms with E-state index in [9.17, 15) is 19.2 Å². The highest BCUT2D eigenvalue weighted by Gasteiger charge is 2.19. The summed E-state index contributed by atoms with van der Waals surface area (Å²) in [5.74, 6) is -2.18. The van der Waals surface area contributed by atoms with Crippen molar-refractivity contribution in [3.63, 3.8) is 0 Å². The normalized spacial score (nSPS) is 12.7. The van der Waals surface area contributed by atoms with Crippen LogP contribution < -0.4 is 27.4 Å². The Morgan fingerprint density at radius 1 is 1.04 bits per heavy atom. The second-order valence-corrected chi connectivity index (χ2v) is 6.61. The number of hydrogen-bond donors (Lipinski definition) is 6. The van der Waals surface area contributed by atoms with Crippen LogP contribution in [-0.4, -0.2) is 72.5 Å². The van der Waals surface area contributed by atoms with Crippen molar-refractivity contribution in [3.05, 3.63) is 0 Å². The Kier molecular flexibility index (Phi) is 13.3. The van der Waals surface area contributed by atoms with E-state index in [-0.39, 0.29) is 19.5 Å². The van der Waals surface area contributed by atoms with Gasteiger partial charge in [-0.25, -0.2) is 4.79 Å². The zero-order chi connectivity index (χ0) is 19.9. The molecule has 0 bridgehead atoms. The van der Waals surface area contributed by atoms with Crippen LogP contribution in [0.15, 0.2) is 0 Å². The van der Waals surface area contributed by atoms with Gasteiger partial charge in [-0.1, -0.05) is 6.42 Å². The standard InChI is InChI=1S/C15H29N5O5S/c1-26-7-5-11(15(24)25)20-13(22)9-18-12(21)8-19-14(23)10(17)4-2-3-6-16/h10-11H,2-9,16-17H2,1H3,(H,18,21)(H,19,23)(H,20,22)(H,24,25). The number of carboxylic acid groups (broad SMARTS) is 1. The molecule has 0 aromatic heterocycles. The van der Waals surface area contributed by atoms with E-state index < -0.39 is 35.8 Å². The van der Waals surface area contributed by atoms with E-state index in [1.807, 2.05) is 6.26 Å². The Morgan fingerprint density at radius 3 is 2.27 bits per heavy atom. The molecule has 0 saturated heterocycles. The molecule has 0 fully saturated rings. The van der Waals surface area contributed by atoms with Gasteiger partial charge < -0.3 is 32.5 Å². The molecule has 0 aliphatic carbocycles. The fourth-order valence-corrected chi connectivity index (χ4v) is 2.39. The van der Waals surface area contributed by atoms with Gasteiger partial charge in [0, 0.05) is 0 Å². The summed E-state index contributed by atoms with van der Waals surface area (Å²) in [6, 6.07) is -1.72. The number of rotatable bonds is 14. The van der Waals surface area contributed by atoms with Gasteiger partial charge in [0.05, 0.1) is 19.1 Å². The lowest BCUT2D eigenvalue weighted by molar-refractivity contribution is -0.141. The lowest BCUT2D eigenvalue weighted by Gasteiger charge is -2.14. The summed E-state index contributed by atoms with van der Waals surface area (Å²) >= 11 is 1.47. The van der Waals surface area contributed by atoms with Crippen LogP contribution in [0.4, 0.5) is 0 Å². The summed E-state index contributed by atoms with van der Waals surface area (Å²) < 4.78 is 0. The fraction of sp³-hybridized carbons (Fsp3) is 0.733. The highest BCUT2D eigenvalue weighted by molar-refractivity contribution is 7.98. The minimum absolute atomic E-state index is 0.286. The molecule has 0 rings (SSSR count). The second kappa shape index (κ2) is 14.3. The number of amides is 3. The molecule has 0 spiro atoms.